The number of H-pyrrole nitrogens is 1. The highest BCUT2D eigenvalue weighted by Crippen LogP contribution is 2.19. The van der Waals surface area contributed by atoms with Crippen molar-refractivity contribution in [1.29, 1.82) is 0 Å². The average Bonchev–Trinajstić information content (AvgIpc) is 2.83. The van der Waals surface area contributed by atoms with E-state index in [0.29, 0.717) is 16.0 Å². The van der Waals surface area contributed by atoms with Gasteiger partial charge in [0.15, 0.2) is 0 Å². The summed E-state index contributed by atoms with van der Waals surface area (Å²) in [4.78, 5) is 15.9. The Kier molecular flexibility index (Phi) is 4.26. The number of benzene rings is 1. The van der Waals surface area contributed by atoms with Crippen LogP contribution in [0.4, 0.5) is 10.1 Å². The van der Waals surface area contributed by atoms with Crippen LogP contribution in [0.3, 0.4) is 0 Å². The van der Waals surface area contributed by atoms with Crippen molar-refractivity contribution < 1.29 is 9.18 Å². The topological polar surface area (TPSA) is 70.7 Å². The highest BCUT2D eigenvalue weighted by molar-refractivity contribution is 9.10. The standard InChI is InChI=1S/C12H12BrFN4O/c1-2-3-10-16-11(18-17-10)12(19)15-7-4-5-8(13)9(14)6-7/h4-6H,2-3H2,1H3,(H,15,19)(H,16,17,18). The van der Waals surface area contributed by atoms with Crippen molar-refractivity contribution >= 4 is 27.5 Å². The van der Waals surface area contributed by atoms with Crippen molar-refractivity contribution in [3.05, 3.63) is 40.1 Å². The number of rotatable bonds is 4. The number of nitrogens with zero attached hydrogens (tertiary/aromatic N) is 2. The van der Waals surface area contributed by atoms with Gasteiger partial charge >= 0.3 is 0 Å². The molecule has 100 valence electrons. The molecule has 1 heterocycles. The third-order valence-electron chi connectivity index (χ3n) is 2.40. The Morgan fingerprint density at radius 1 is 1.53 bits per heavy atom. The lowest BCUT2D eigenvalue weighted by atomic mass is 10.3. The van der Waals surface area contributed by atoms with Gasteiger partial charge in [0.25, 0.3) is 5.91 Å². The molecule has 0 unspecified atom stereocenters. The van der Waals surface area contributed by atoms with E-state index in [9.17, 15) is 9.18 Å². The van der Waals surface area contributed by atoms with E-state index in [0.717, 1.165) is 12.8 Å². The minimum absolute atomic E-state index is 0.0479. The van der Waals surface area contributed by atoms with Gasteiger partial charge in [0.1, 0.15) is 11.6 Å². The molecule has 0 aliphatic heterocycles. The lowest BCUT2D eigenvalue weighted by Gasteiger charge is -2.03. The van der Waals surface area contributed by atoms with Gasteiger partial charge in [-0.3, -0.25) is 9.89 Å². The fourth-order valence-electron chi connectivity index (χ4n) is 1.51. The maximum Gasteiger partial charge on any atom is 0.295 e. The first-order valence-electron chi connectivity index (χ1n) is 5.78. The van der Waals surface area contributed by atoms with E-state index in [4.69, 9.17) is 0 Å². The monoisotopic (exact) mass is 326 g/mol. The summed E-state index contributed by atoms with van der Waals surface area (Å²) in [6, 6.07) is 4.33. The summed E-state index contributed by atoms with van der Waals surface area (Å²) in [7, 11) is 0. The van der Waals surface area contributed by atoms with Crippen molar-refractivity contribution in [2.75, 3.05) is 5.32 Å². The van der Waals surface area contributed by atoms with Crippen LogP contribution in [-0.4, -0.2) is 21.1 Å². The first-order valence-corrected chi connectivity index (χ1v) is 6.57. The quantitative estimate of drug-likeness (QED) is 0.907. The number of anilines is 1. The molecular formula is C12H12BrFN4O. The van der Waals surface area contributed by atoms with Crippen molar-refractivity contribution in [2.45, 2.75) is 19.8 Å². The third-order valence-corrected chi connectivity index (χ3v) is 3.04. The second-order valence-corrected chi connectivity index (χ2v) is 4.79. The van der Waals surface area contributed by atoms with E-state index in [-0.39, 0.29) is 5.82 Å². The minimum Gasteiger partial charge on any atom is -0.319 e. The average molecular weight is 327 g/mol. The van der Waals surface area contributed by atoms with Gasteiger partial charge in [-0.05, 0) is 40.5 Å². The maximum atomic E-state index is 13.3. The minimum atomic E-state index is -0.472. The summed E-state index contributed by atoms with van der Waals surface area (Å²) in [5.74, 6) is -0.207. The van der Waals surface area contributed by atoms with Gasteiger partial charge in [-0.2, -0.15) is 0 Å². The van der Waals surface area contributed by atoms with Crippen LogP contribution in [-0.2, 0) is 6.42 Å². The predicted molar refractivity (Wildman–Crippen MR) is 72.4 cm³/mol. The molecule has 0 atom stereocenters. The van der Waals surface area contributed by atoms with E-state index in [1.807, 2.05) is 6.92 Å². The van der Waals surface area contributed by atoms with Crippen LogP contribution in [0.5, 0.6) is 0 Å². The Morgan fingerprint density at radius 3 is 3.00 bits per heavy atom. The summed E-state index contributed by atoms with van der Waals surface area (Å²) in [5.41, 5.74) is 0.354. The Balaban J connectivity index is 2.09. The molecule has 0 spiro atoms. The lowest BCUT2D eigenvalue weighted by molar-refractivity contribution is 0.101. The summed E-state index contributed by atoms with van der Waals surface area (Å²) in [6.45, 7) is 2.01. The maximum absolute atomic E-state index is 13.3. The summed E-state index contributed by atoms with van der Waals surface area (Å²) < 4.78 is 13.6. The third kappa shape index (κ3) is 3.37. The van der Waals surface area contributed by atoms with Crippen LogP contribution in [0.25, 0.3) is 0 Å². The molecule has 7 heteroatoms. The van der Waals surface area contributed by atoms with Crippen LogP contribution in [0.2, 0.25) is 0 Å². The molecule has 0 saturated heterocycles. The van der Waals surface area contributed by atoms with Gasteiger partial charge in [0.2, 0.25) is 5.82 Å². The molecule has 2 aromatic rings. The van der Waals surface area contributed by atoms with E-state index in [1.165, 1.54) is 12.1 Å². The number of aromatic amines is 1. The number of halogens is 2. The van der Waals surface area contributed by atoms with Gasteiger partial charge in [0.05, 0.1) is 4.47 Å². The molecule has 0 bridgehead atoms. The first kappa shape index (κ1) is 13.7. The summed E-state index contributed by atoms with van der Waals surface area (Å²) in [5, 5.41) is 9.05. The fraction of sp³-hybridized carbons (Fsp3) is 0.250. The highest BCUT2D eigenvalue weighted by atomic mass is 79.9. The fourth-order valence-corrected chi connectivity index (χ4v) is 1.75. The molecular weight excluding hydrogens is 315 g/mol. The van der Waals surface area contributed by atoms with E-state index in [2.05, 4.69) is 36.4 Å². The van der Waals surface area contributed by atoms with E-state index in [1.54, 1.807) is 6.07 Å². The summed E-state index contributed by atoms with van der Waals surface area (Å²) >= 11 is 3.04. The molecule has 1 amide bonds. The molecule has 1 aromatic heterocycles. The van der Waals surface area contributed by atoms with Crippen molar-refractivity contribution in [3.8, 4) is 0 Å². The molecule has 2 rings (SSSR count). The van der Waals surface area contributed by atoms with Crippen LogP contribution in [0.15, 0.2) is 22.7 Å². The molecule has 0 radical (unpaired) electrons. The number of hydrogen-bond acceptors (Lipinski definition) is 3. The van der Waals surface area contributed by atoms with Gasteiger partial charge < -0.3 is 5.32 Å². The number of carbonyl (C=O) groups excluding carboxylic acids is 1. The zero-order valence-electron chi connectivity index (χ0n) is 10.2. The zero-order valence-corrected chi connectivity index (χ0v) is 11.8. The smallest absolute Gasteiger partial charge is 0.295 e. The first-order chi connectivity index (χ1) is 9.10. The Morgan fingerprint density at radius 2 is 2.32 bits per heavy atom. The number of aromatic nitrogens is 3. The second-order valence-electron chi connectivity index (χ2n) is 3.94. The van der Waals surface area contributed by atoms with Crippen molar-refractivity contribution in [1.82, 2.24) is 15.2 Å². The Bertz CT molecular complexity index is 599. The van der Waals surface area contributed by atoms with E-state index >= 15 is 0 Å². The number of carbonyl (C=O) groups is 1. The van der Waals surface area contributed by atoms with Gasteiger partial charge in [-0.1, -0.05) is 6.92 Å². The largest absolute Gasteiger partial charge is 0.319 e. The molecule has 1 aromatic carbocycles. The van der Waals surface area contributed by atoms with Gasteiger partial charge in [-0.15, -0.1) is 5.10 Å². The summed E-state index contributed by atoms with van der Waals surface area (Å²) in [6.07, 6.45) is 1.64. The van der Waals surface area contributed by atoms with Gasteiger partial charge in [-0.25, -0.2) is 9.37 Å². The lowest BCUT2D eigenvalue weighted by Crippen LogP contribution is -2.14. The molecule has 0 aliphatic rings. The van der Waals surface area contributed by atoms with Crippen LogP contribution >= 0.6 is 15.9 Å². The van der Waals surface area contributed by atoms with Crippen LogP contribution < -0.4 is 5.32 Å². The van der Waals surface area contributed by atoms with E-state index < -0.39 is 11.7 Å². The molecule has 0 fully saturated rings. The normalized spacial score (nSPS) is 10.5. The number of amides is 1. The second kappa shape index (κ2) is 5.92. The van der Waals surface area contributed by atoms with Crippen LogP contribution in [0, 0.1) is 5.82 Å². The predicted octanol–water partition coefficient (Wildman–Crippen LogP) is 2.91. The van der Waals surface area contributed by atoms with Crippen LogP contribution in [0.1, 0.15) is 29.8 Å². The Hall–Kier alpha value is -1.76. The SMILES string of the molecule is CCCc1nc(C(=O)Nc2ccc(Br)c(F)c2)n[nH]1. The molecule has 19 heavy (non-hydrogen) atoms. The number of hydrogen-bond donors (Lipinski definition) is 2. The van der Waals surface area contributed by atoms with Crippen molar-refractivity contribution in [2.24, 2.45) is 0 Å². The number of aryl methyl sites for hydroxylation is 1. The zero-order chi connectivity index (χ0) is 13.8. The van der Waals surface area contributed by atoms with Gasteiger partial charge in [0, 0.05) is 12.1 Å². The molecule has 0 aliphatic carbocycles. The highest BCUT2D eigenvalue weighted by Gasteiger charge is 2.13. The molecule has 0 saturated carbocycles. The number of nitrogens with one attached hydrogen (secondary N) is 2. The van der Waals surface area contributed by atoms with Crippen molar-refractivity contribution in [3.63, 3.8) is 0 Å². The Labute approximate surface area is 117 Å². The molecule has 2 N–H and O–H groups in total. The molecule has 5 nitrogen and oxygen atoms in total.